The Bertz CT molecular complexity index is 953. The number of pyridine rings is 1. The summed E-state index contributed by atoms with van der Waals surface area (Å²) in [6.07, 6.45) is 4.91. The number of anilines is 2. The van der Waals surface area contributed by atoms with Crippen molar-refractivity contribution >= 4 is 17.4 Å². The van der Waals surface area contributed by atoms with Crippen LogP contribution in [0.1, 0.15) is 21.7 Å². The number of amides is 1. The maximum Gasteiger partial charge on any atom is 0.253 e. The highest BCUT2D eigenvalue weighted by Crippen LogP contribution is 2.22. The lowest BCUT2D eigenvalue weighted by Gasteiger charge is -2.13. The predicted molar refractivity (Wildman–Crippen MR) is 106 cm³/mol. The van der Waals surface area contributed by atoms with Gasteiger partial charge in [0.25, 0.3) is 5.91 Å². The lowest BCUT2D eigenvalue weighted by atomic mass is 10.1. The molecule has 0 atom stereocenters. The third-order valence-corrected chi connectivity index (χ3v) is 4.18. The van der Waals surface area contributed by atoms with Crippen molar-refractivity contribution in [1.29, 1.82) is 0 Å². The Morgan fingerprint density at radius 3 is 2.52 bits per heavy atom. The molecule has 0 radical (unpaired) electrons. The highest BCUT2D eigenvalue weighted by atomic mass is 16.1. The van der Waals surface area contributed by atoms with Crippen LogP contribution in [-0.2, 0) is 6.54 Å². The van der Waals surface area contributed by atoms with Gasteiger partial charge in [-0.3, -0.25) is 9.78 Å². The molecule has 27 heavy (non-hydrogen) atoms. The second-order valence-electron chi connectivity index (χ2n) is 6.41. The molecule has 0 aliphatic rings. The van der Waals surface area contributed by atoms with Crippen molar-refractivity contribution in [3.63, 3.8) is 0 Å². The van der Waals surface area contributed by atoms with Gasteiger partial charge in [-0.15, -0.1) is 0 Å². The summed E-state index contributed by atoms with van der Waals surface area (Å²) in [5.74, 6) is 0.740. The van der Waals surface area contributed by atoms with Crippen LogP contribution in [0.3, 0.4) is 0 Å². The number of aryl methyl sites for hydroxylation is 1. The maximum atomic E-state index is 12.5. The Morgan fingerprint density at radius 2 is 1.85 bits per heavy atom. The summed E-state index contributed by atoms with van der Waals surface area (Å²) in [6.45, 7) is 2.02. The van der Waals surface area contributed by atoms with E-state index in [-0.39, 0.29) is 12.5 Å². The molecule has 0 aliphatic heterocycles. The number of carbonyl (C=O) groups is 1. The number of nitrogens with two attached hydrogens (primary N) is 1. The number of hydrogen-bond donors (Lipinski definition) is 2. The van der Waals surface area contributed by atoms with Gasteiger partial charge in [0.2, 0.25) is 0 Å². The Kier molecular flexibility index (Phi) is 5.30. The topological polar surface area (TPSA) is 97.0 Å². The summed E-state index contributed by atoms with van der Waals surface area (Å²) >= 11 is 0. The lowest BCUT2D eigenvalue weighted by molar-refractivity contribution is 0.0950. The third-order valence-electron chi connectivity index (χ3n) is 4.18. The van der Waals surface area contributed by atoms with Crippen molar-refractivity contribution in [3.8, 4) is 11.1 Å². The van der Waals surface area contributed by atoms with Gasteiger partial charge in [0.15, 0.2) is 0 Å². The van der Waals surface area contributed by atoms with Gasteiger partial charge in [0.1, 0.15) is 11.6 Å². The van der Waals surface area contributed by atoms with Crippen LogP contribution >= 0.6 is 0 Å². The molecule has 1 amide bonds. The van der Waals surface area contributed by atoms with Gasteiger partial charge in [-0.1, -0.05) is 12.1 Å². The molecule has 0 unspecified atom stereocenters. The first kappa shape index (κ1) is 18.3. The molecule has 3 N–H and O–H groups in total. The monoisotopic (exact) mass is 362 g/mol. The fraction of sp³-hybridized carbons (Fsp3) is 0.200. The largest absolute Gasteiger partial charge is 0.383 e. The minimum absolute atomic E-state index is 0.228. The van der Waals surface area contributed by atoms with Crippen LogP contribution in [0.5, 0.6) is 0 Å². The Labute approximate surface area is 158 Å². The first-order valence-electron chi connectivity index (χ1n) is 8.53. The summed E-state index contributed by atoms with van der Waals surface area (Å²) < 4.78 is 0. The third kappa shape index (κ3) is 4.38. The molecule has 0 aliphatic carbocycles. The number of nitrogen functional groups attached to an aromatic ring is 1. The van der Waals surface area contributed by atoms with E-state index in [9.17, 15) is 4.79 Å². The van der Waals surface area contributed by atoms with E-state index >= 15 is 0 Å². The van der Waals surface area contributed by atoms with Gasteiger partial charge in [-0.25, -0.2) is 9.97 Å². The van der Waals surface area contributed by atoms with E-state index in [0.717, 1.165) is 16.8 Å². The molecular weight excluding hydrogens is 340 g/mol. The molecular formula is C20H22N6O. The summed E-state index contributed by atoms with van der Waals surface area (Å²) in [7, 11) is 3.99. The zero-order valence-corrected chi connectivity index (χ0v) is 15.6. The summed E-state index contributed by atoms with van der Waals surface area (Å²) in [5, 5.41) is 2.83. The molecule has 0 bridgehead atoms. The van der Waals surface area contributed by atoms with Crippen molar-refractivity contribution in [2.45, 2.75) is 13.5 Å². The molecule has 0 spiro atoms. The summed E-state index contributed by atoms with van der Waals surface area (Å²) in [4.78, 5) is 26.9. The molecule has 7 heteroatoms. The smallest absolute Gasteiger partial charge is 0.253 e. The number of nitrogens with zero attached hydrogens (tertiary/aromatic N) is 4. The molecule has 138 valence electrons. The van der Waals surface area contributed by atoms with E-state index in [2.05, 4.69) is 20.3 Å². The zero-order chi connectivity index (χ0) is 19.4. The van der Waals surface area contributed by atoms with Gasteiger partial charge < -0.3 is 16.0 Å². The van der Waals surface area contributed by atoms with Gasteiger partial charge in [0, 0.05) is 56.0 Å². The van der Waals surface area contributed by atoms with E-state index in [1.165, 1.54) is 0 Å². The Balaban J connectivity index is 1.73. The Morgan fingerprint density at radius 1 is 1.11 bits per heavy atom. The summed E-state index contributed by atoms with van der Waals surface area (Å²) in [6, 6.07) is 9.91. The molecule has 2 heterocycles. The molecule has 1 aromatic carbocycles. The molecule has 0 saturated carbocycles. The quantitative estimate of drug-likeness (QED) is 0.723. The average molecular weight is 362 g/mol. The second kappa shape index (κ2) is 7.82. The highest BCUT2D eigenvalue weighted by Gasteiger charge is 2.10. The van der Waals surface area contributed by atoms with Crippen LogP contribution in [0.15, 0.2) is 48.9 Å². The number of benzene rings is 1. The average Bonchev–Trinajstić information content (AvgIpc) is 2.67. The molecule has 3 aromatic rings. The molecule has 7 nitrogen and oxygen atoms in total. The molecule has 0 saturated heterocycles. The minimum atomic E-state index is -0.228. The highest BCUT2D eigenvalue weighted by molar-refractivity contribution is 5.95. The van der Waals surface area contributed by atoms with Gasteiger partial charge >= 0.3 is 0 Å². The number of nitrogens with one attached hydrogen (secondary N) is 1. The van der Waals surface area contributed by atoms with Gasteiger partial charge in [0.05, 0.1) is 5.56 Å². The maximum absolute atomic E-state index is 12.5. The van der Waals surface area contributed by atoms with Crippen LogP contribution in [-0.4, -0.2) is 35.0 Å². The SMILES string of the molecule is Cc1ncc(CNC(=O)c2cncc(-c3ccc(N(C)C)cc3)c2)c(N)n1. The van der Waals surface area contributed by atoms with Crippen LogP contribution in [0.2, 0.25) is 0 Å². The number of aromatic nitrogens is 3. The van der Waals surface area contributed by atoms with E-state index in [1.807, 2.05) is 49.3 Å². The first-order valence-corrected chi connectivity index (χ1v) is 8.53. The summed E-state index contributed by atoms with van der Waals surface area (Å²) in [5.41, 5.74) is 10.0. The van der Waals surface area contributed by atoms with Crippen LogP contribution in [0, 0.1) is 6.92 Å². The van der Waals surface area contributed by atoms with Crippen molar-refractivity contribution in [2.75, 3.05) is 24.7 Å². The first-order chi connectivity index (χ1) is 12.9. The standard InChI is InChI=1S/C20H22N6O/c1-13-23-11-17(19(21)25-13)12-24-20(27)16-8-15(9-22-10-16)14-4-6-18(7-5-14)26(2)3/h4-11H,12H2,1-3H3,(H,24,27)(H2,21,23,25). The number of rotatable bonds is 5. The van der Waals surface area contributed by atoms with E-state index in [0.29, 0.717) is 22.8 Å². The van der Waals surface area contributed by atoms with Crippen molar-refractivity contribution in [3.05, 3.63) is 65.9 Å². The van der Waals surface area contributed by atoms with Gasteiger partial charge in [-0.05, 0) is 30.7 Å². The number of carbonyl (C=O) groups excluding carboxylic acids is 1. The zero-order valence-electron chi connectivity index (χ0n) is 15.6. The van der Waals surface area contributed by atoms with Gasteiger partial charge in [-0.2, -0.15) is 0 Å². The fourth-order valence-electron chi connectivity index (χ4n) is 2.60. The predicted octanol–water partition coefficient (Wildman–Crippen LogP) is 2.43. The van der Waals surface area contributed by atoms with Crippen LogP contribution in [0.25, 0.3) is 11.1 Å². The Hall–Kier alpha value is -3.48. The van der Waals surface area contributed by atoms with Crippen LogP contribution in [0.4, 0.5) is 11.5 Å². The molecule has 3 rings (SSSR count). The van der Waals surface area contributed by atoms with Crippen molar-refractivity contribution in [1.82, 2.24) is 20.3 Å². The number of hydrogen-bond acceptors (Lipinski definition) is 6. The molecule has 2 aromatic heterocycles. The fourth-order valence-corrected chi connectivity index (χ4v) is 2.60. The second-order valence-corrected chi connectivity index (χ2v) is 6.41. The van der Waals surface area contributed by atoms with Crippen LogP contribution < -0.4 is 16.0 Å². The minimum Gasteiger partial charge on any atom is -0.383 e. The molecule has 0 fully saturated rings. The normalized spacial score (nSPS) is 10.5. The van der Waals surface area contributed by atoms with Crippen molar-refractivity contribution in [2.24, 2.45) is 0 Å². The lowest BCUT2D eigenvalue weighted by Crippen LogP contribution is -2.24. The van der Waals surface area contributed by atoms with Crippen molar-refractivity contribution < 1.29 is 4.79 Å². The van der Waals surface area contributed by atoms with E-state index in [4.69, 9.17) is 5.73 Å². The van der Waals surface area contributed by atoms with E-state index < -0.39 is 0 Å². The van der Waals surface area contributed by atoms with E-state index in [1.54, 1.807) is 25.5 Å².